The number of halogens is 1. The molecule has 10 heteroatoms. The number of nitrogens with zero attached hydrogens (tertiary/aromatic N) is 4. The van der Waals surface area contributed by atoms with Crippen molar-refractivity contribution in [1.82, 2.24) is 25.1 Å². The van der Waals surface area contributed by atoms with Gasteiger partial charge in [-0.1, -0.05) is 11.6 Å². The number of amides is 1. The second-order valence-corrected chi connectivity index (χ2v) is 6.86. The molecule has 0 unspecified atom stereocenters. The van der Waals surface area contributed by atoms with Crippen LogP contribution in [0.4, 0.5) is 0 Å². The quantitative estimate of drug-likeness (QED) is 0.592. The summed E-state index contributed by atoms with van der Waals surface area (Å²) in [6.45, 7) is 3.39. The van der Waals surface area contributed by atoms with E-state index in [1.807, 2.05) is 6.92 Å². The minimum Gasteiger partial charge on any atom is -0.490 e. The summed E-state index contributed by atoms with van der Waals surface area (Å²) in [4.78, 5) is 20.9. The predicted molar refractivity (Wildman–Crippen MR) is 110 cm³/mol. The van der Waals surface area contributed by atoms with Gasteiger partial charge >= 0.3 is 0 Å². The lowest BCUT2D eigenvalue weighted by molar-refractivity contribution is 0.0924. The molecule has 2 aromatic heterocycles. The lowest BCUT2D eigenvalue weighted by Gasteiger charge is -2.14. The number of aliphatic hydroxyl groups excluding tert-OH is 1. The van der Waals surface area contributed by atoms with Crippen molar-refractivity contribution in [2.75, 3.05) is 26.4 Å². The highest BCUT2D eigenvalue weighted by molar-refractivity contribution is 6.32. The fourth-order valence-corrected chi connectivity index (χ4v) is 3.41. The number of rotatable bonds is 7. The molecule has 1 aliphatic rings. The van der Waals surface area contributed by atoms with Gasteiger partial charge in [0.1, 0.15) is 18.0 Å². The maximum atomic E-state index is 12.0. The Labute approximate surface area is 177 Å². The van der Waals surface area contributed by atoms with Gasteiger partial charge in [0, 0.05) is 18.3 Å². The van der Waals surface area contributed by atoms with Crippen LogP contribution >= 0.6 is 11.6 Å². The number of aromatic nitrogens is 4. The van der Waals surface area contributed by atoms with Gasteiger partial charge in [-0.15, -0.1) is 0 Å². The van der Waals surface area contributed by atoms with Crippen molar-refractivity contribution in [1.29, 1.82) is 0 Å². The molecule has 1 aliphatic heterocycles. The van der Waals surface area contributed by atoms with Crippen molar-refractivity contribution in [3.63, 3.8) is 0 Å². The molecule has 9 nitrogen and oxygen atoms in total. The van der Waals surface area contributed by atoms with E-state index in [2.05, 4.69) is 20.4 Å². The fourth-order valence-electron chi connectivity index (χ4n) is 3.15. The summed E-state index contributed by atoms with van der Waals surface area (Å²) in [7, 11) is 0. The Bertz CT molecular complexity index is 1090. The van der Waals surface area contributed by atoms with Crippen molar-refractivity contribution < 1.29 is 19.4 Å². The summed E-state index contributed by atoms with van der Waals surface area (Å²) >= 11 is 6.40. The number of fused-ring (bicyclic) bond motifs is 1. The maximum Gasteiger partial charge on any atom is 0.269 e. The summed E-state index contributed by atoms with van der Waals surface area (Å²) in [5.41, 5.74) is 2.32. The maximum absolute atomic E-state index is 12.0. The van der Waals surface area contributed by atoms with Crippen LogP contribution in [-0.4, -0.2) is 57.1 Å². The van der Waals surface area contributed by atoms with Crippen molar-refractivity contribution in [3.05, 3.63) is 41.2 Å². The summed E-state index contributed by atoms with van der Waals surface area (Å²) in [6, 6.07) is 6.87. The summed E-state index contributed by atoms with van der Waals surface area (Å²) in [5, 5.41) is 16.6. The first-order valence-electron chi connectivity index (χ1n) is 9.50. The van der Waals surface area contributed by atoms with E-state index in [0.717, 1.165) is 0 Å². The molecule has 3 aromatic rings. The van der Waals surface area contributed by atoms with E-state index in [1.54, 1.807) is 35.1 Å². The average Bonchev–Trinajstić information content (AvgIpc) is 3.19. The molecule has 0 saturated heterocycles. The third-order valence-corrected chi connectivity index (χ3v) is 4.73. The second kappa shape index (κ2) is 8.68. The second-order valence-electron chi connectivity index (χ2n) is 6.45. The Morgan fingerprint density at radius 1 is 1.27 bits per heavy atom. The molecule has 0 radical (unpaired) electrons. The van der Waals surface area contributed by atoms with Crippen LogP contribution in [0.1, 0.15) is 17.4 Å². The lowest BCUT2D eigenvalue weighted by atomic mass is 10.1. The van der Waals surface area contributed by atoms with Gasteiger partial charge in [-0.05, 0) is 31.2 Å². The predicted octanol–water partition coefficient (Wildman–Crippen LogP) is 2.17. The smallest absolute Gasteiger partial charge is 0.269 e. The number of carbonyl (C=O) groups is 1. The standard InChI is InChI=1S/C20H20ClN5O4/c1-2-29-17-10-12(9-13(21)18(17)30-8-7-27)19-22-4-3-14(24-19)15-11-16-20(28)23-5-6-26(16)25-15/h3-4,9-11,27H,2,5-8H2,1H3,(H,23,28). The van der Waals surface area contributed by atoms with E-state index in [-0.39, 0.29) is 19.1 Å². The number of aliphatic hydroxyl groups is 1. The molecular formula is C20H20ClN5O4. The van der Waals surface area contributed by atoms with Gasteiger partial charge in [0.15, 0.2) is 17.3 Å². The zero-order valence-electron chi connectivity index (χ0n) is 16.3. The third kappa shape index (κ3) is 3.94. The van der Waals surface area contributed by atoms with E-state index < -0.39 is 0 Å². The van der Waals surface area contributed by atoms with Crippen LogP contribution in [0.2, 0.25) is 5.02 Å². The number of nitrogens with one attached hydrogen (secondary N) is 1. The Hall–Kier alpha value is -3.17. The minimum atomic E-state index is -0.152. The summed E-state index contributed by atoms with van der Waals surface area (Å²) < 4.78 is 12.8. The molecule has 0 aliphatic carbocycles. The topological polar surface area (TPSA) is 111 Å². The Morgan fingerprint density at radius 2 is 2.13 bits per heavy atom. The molecule has 0 atom stereocenters. The van der Waals surface area contributed by atoms with Gasteiger partial charge in [-0.2, -0.15) is 5.10 Å². The Morgan fingerprint density at radius 3 is 2.90 bits per heavy atom. The fraction of sp³-hybridized carbons (Fsp3) is 0.300. The van der Waals surface area contributed by atoms with E-state index in [0.29, 0.717) is 64.7 Å². The molecule has 0 bridgehead atoms. The zero-order valence-corrected chi connectivity index (χ0v) is 17.0. The largest absolute Gasteiger partial charge is 0.490 e. The highest BCUT2D eigenvalue weighted by Gasteiger charge is 2.21. The molecule has 1 aromatic carbocycles. The van der Waals surface area contributed by atoms with E-state index >= 15 is 0 Å². The Kier molecular flexibility index (Phi) is 5.82. The normalized spacial score (nSPS) is 13.0. The molecule has 156 valence electrons. The molecule has 30 heavy (non-hydrogen) atoms. The van der Waals surface area contributed by atoms with Crippen molar-refractivity contribution in [2.45, 2.75) is 13.5 Å². The van der Waals surface area contributed by atoms with Crippen LogP contribution in [0.5, 0.6) is 11.5 Å². The van der Waals surface area contributed by atoms with Gasteiger partial charge in [-0.3, -0.25) is 9.48 Å². The van der Waals surface area contributed by atoms with Gasteiger partial charge < -0.3 is 19.9 Å². The van der Waals surface area contributed by atoms with Crippen LogP contribution in [0.15, 0.2) is 30.5 Å². The first-order chi connectivity index (χ1) is 14.6. The van der Waals surface area contributed by atoms with Gasteiger partial charge in [-0.25, -0.2) is 9.97 Å². The molecule has 0 fully saturated rings. The monoisotopic (exact) mass is 429 g/mol. The van der Waals surface area contributed by atoms with E-state index in [4.69, 9.17) is 26.2 Å². The minimum absolute atomic E-state index is 0.101. The van der Waals surface area contributed by atoms with Crippen molar-refractivity contribution >= 4 is 17.5 Å². The molecular weight excluding hydrogens is 410 g/mol. The summed E-state index contributed by atoms with van der Waals surface area (Å²) in [5.74, 6) is 1.08. The van der Waals surface area contributed by atoms with E-state index in [1.165, 1.54) is 0 Å². The van der Waals surface area contributed by atoms with Crippen molar-refractivity contribution in [3.8, 4) is 34.3 Å². The molecule has 3 heterocycles. The number of hydrogen-bond acceptors (Lipinski definition) is 7. The van der Waals surface area contributed by atoms with E-state index in [9.17, 15) is 4.79 Å². The SMILES string of the molecule is CCOc1cc(-c2nccc(-c3cc4n(n3)CCNC4=O)n2)cc(Cl)c1OCCO. The van der Waals surface area contributed by atoms with Crippen LogP contribution in [0.3, 0.4) is 0 Å². The lowest BCUT2D eigenvalue weighted by Crippen LogP contribution is -2.35. The number of ether oxygens (including phenoxy) is 2. The average molecular weight is 430 g/mol. The highest BCUT2D eigenvalue weighted by Crippen LogP contribution is 2.39. The number of carbonyl (C=O) groups excluding carboxylic acids is 1. The Balaban J connectivity index is 1.71. The third-order valence-electron chi connectivity index (χ3n) is 4.45. The molecule has 1 amide bonds. The van der Waals surface area contributed by atoms with Crippen LogP contribution < -0.4 is 14.8 Å². The summed E-state index contributed by atoms with van der Waals surface area (Å²) in [6.07, 6.45) is 1.63. The molecule has 4 rings (SSSR count). The first-order valence-corrected chi connectivity index (χ1v) is 9.88. The van der Waals surface area contributed by atoms with Crippen LogP contribution in [0, 0.1) is 0 Å². The van der Waals surface area contributed by atoms with Gasteiger partial charge in [0.05, 0.1) is 30.5 Å². The van der Waals surface area contributed by atoms with Crippen molar-refractivity contribution in [2.24, 2.45) is 0 Å². The van der Waals surface area contributed by atoms with Gasteiger partial charge in [0.25, 0.3) is 5.91 Å². The zero-order chi connectivity index (χ0) is 21.1. The number of benzene rings is 1. The van der Waals surface area contributed by atoms with Crippen LogP contribution in [-0.2, 0) is 6.54 Å². The molecule has 2 N–H and O–H groups in total. The number of hydrogen-bond donors (Lipinski definition) is 2. The molecule has 0 spiro atoms. The van der Waals surface area contributed by atoms with Crippen LogP contribution in [0.25, 0.3) is 22.8 Å². The highest BCUT2D eigenvalue weighted by atomic mass is 35.5. The molecule has 0 saturated carbocycles. The van der Waals surface area contributed by atoms with Gasteiger partial charge in [0.2, 0.25) is 0 Å². The first kappa shape index (κ1) is 20.1.